The maximum atomic E-state index is 13.0. The number of piperidine rings is 1. The average molecular weight is 478 g/mol. The number of nitrogens with zero attached hydrogens (tertiary/aromatic N) is 1. The van der Waals surface area contributed by atoms with Gasteiger partial charge in [0.2, 0.25) is 11.8 Å². The minimum atomic E-state index is -0.578. The molecule has 0 aromatic heterocycles. The van der Waals surface area contributed by atoms with Gasteiger partial charge in [0.25, 0.3) is 5.91 Å². The fraction of sp³-hybridized carbons (Fsp3) is 0.444. The number of amides is 3. The lowest BCUT2D eigenvalue weighted by Gasteiger charge is -2.29. The van der Waals surface area contributed by atoms with E-state index in [1.54, 1.807) is 16.7 Å². The van der Waals surface area contributed by atoms with Gasteiger partial charge in [-0.25, -0.2) is 0 Å². The molecule has 6 nitrogen and oxygen atoms in total. The third-order valence-electron chi connectivity index (χ3n) is 7.24. The molecule has 34 heavy (non-hydrogen) atoms. The van der Waals surface area contributed by atoms with Gasteiger partial charge in [0.15, 0.2) is 0 Å². The number of fused-ring (bicyclic) bond motifs is 1. The molecule has 1 saturated carbocycles. The zero-order valence-corrected chi connectivity index (χ0v) is 20.2. The summed E-state index contributed by atoms with van der Waals surface area (Å²) in [5.41, 5.74) is 4.19. The van der Waals surface area contributed by atoms with Crippen molar-refractivity contribution in [2.75, 3.05) is 6.54 Å². The summed E-state index contributed by atoms with van der Waals surface area (Å²) in [6, 6.07) is 14.0. The summed E-state index contributed by atoms with van der Waals surface area (Å²) < 4.78 is 0. The summed E-state index contributed by atoms with van der Waals surface area (Å²) in [6.45, 7) is 2.41. The van der Waals surface area contributed by atoms with Crippen LogP contribution >= 0.6 is 11.8 Å². The molecular formula is C27H31N3O3S. The minimum absolute atomic E-state index is 0.124. The summed E-state index contributed by atoms with van der Waals surface area (Å²) in [7, 11) is 0. The number of rotatable bonds is 9. The number of thioether (sulfide) groups is 1. The molecule has 1 unspecified atom stereocenters. The molecule has 0 spiro atoms. The lowest BCUT2D eigenvalue weighted by molar-refractivity contribution is -0.136. The van der Waals surface area contributed by atoms with Crippen molar-refractivity contribution in [2.45, 2.75) is 68.3 Å². The van der Waals surface area contributed by atoms with Gasteiger partial charge >= 0.3 is 0 Å². The Morgan fingerprint density at radius 2 is 1.79 bits per heavy atom. The SMILES string of the molecule is O=C1CCC(N2Cc3c(SCc4ccc(CNCCC5CCC5)cc4)cccc3C2=O)C(=O)N1. The lowest BCUT2D eigenvalue weighted by atomic mass is 9.83. The molecule has 2 aliphatic heterocycles. The quantitative estimate of drug-likeness (QED) is 0.324. The highest BCUT2D eigenvalue weighted by Gasteiger charge is 2.39. The van der Waals surface area contributed by atoms with E-state index in [-0.39, 0.29) is 24.1 Å². The third kappa shape index (κ3) is 5.05. The molecule has 1 atom stereocenters. The Bertz CT molecular complexity index is 1080. The maximum Gasteiger partial charge on any atom is 0.255 e. The summed E-state index contributed by atoms with van der Waals surface area (Å²) in [6.07, 6.45) is 6.16. The Kier molecular flexibility index (Phi) is 7.02. The molecule has 2 aromatic carbocycles. The van der Waals surface area contributed by atoms with Gasteiger partial charge in [-0.3, -0.25) is 19.7 Å². The number of carbonyl (C=O) groups excluding carboxylic acids is 3. The third-order valence-corrected chi connectivity index (χ3v) is 8.41. The molecule has 5 rings (SSSR count). The van der Waals surface area contributed by atoms with Crippen LogP contribution in [-0.2, 0) is 28.4 Å². The van der Waals surface area contributed by atoms with E-state index in [4.69, 9.17) is 0 Å². The lowest BCUT2D eigenvalue weighted by Crippen LogP contribution is -2.52. The van der Waals surface area contributed by atoms with Crippen LogP contribution in [0, 0.1) is 5.92 Å². The van der Waals surface area contributed by atoms with E-state index in [2.05, 4.69) is 34.9 Å². The molecule has 2 fully saturated rings. The predicted molar refractivity (Wildman–Crippen MR) is 132 cm³/mol. The van der Waals surface area contributed by atoms with Crippen molar-refractivity contribution >= 4 is 29.5 Å². The van der Waals surface area contributed by atoms with E-state index in [9.17, 15) is 14.4 Å². The summed E-state index contributed by atoms with van der Waals surface area (Å²) >= 11 is 1.72. The molecule has 0 bridgehead atoms. The molecule has 3 aliphatic rings. The standard InChI is InChI=1S/C27H31N3O3S/c31-25-12-11-23(26(32)29-25)30-16-22-21(27(30)33)5-2-6-24(22)34-17-20-9-7-19(8-10-20)15-28-14-13-18-3-1-4-18/h2,5-10,18,23,28H,1,3-4,11-17H2,(H,29,31,32). The zero-order chi connectivity index (χ0) is 23.5. The van der Waals surface area contributed by atoms with Crippen molar-refractivity contribution in [2.24, 2.45) is 5.92 Å². The van der Waals surface area contributed by atoms with E-state index in [1.165, 1.54) is 36.8 Å². The van der Waals surface area contributed by atoms with Gasteiger partial charge in [0, 0.05) is 35.7 Å². The first-order valence-electron chi connectivity index (χ1n) is 12.3. The van der Waals surface area contributed by atoms with Crippen LogP contribution in [0.2, 0.25) is 0 Å². The number of nitrogens with one attached hydrogen (secondary N) is 2. The van der Waals surface area contributed by atoms with E-state index in [1.807, 2.05) is 18.2 Å². The molecule has 178 valence electrons. The van der Waals surface area contributed by atoms with Gasteiger partial charge < -0.3 is 10.2 Å². The van der Waals surface area contributed by atoms with Crippen LogP contribution in [0.5, 0.6) is 0 Å². The maximum absolute atomic E-state index is 13.0. The Hall–Kier alpha value is -2.64. The fourth-order valence-electron chi connectivity index (χ4n) is 4.93. The van der Waals surface area contributed by atoms with Crippen molar-refractivity contribution in [1.29, 1.82) is 0 Å². The largest absolute Gasteiger partial charge is 0.322 e. The molecule has 2 N–H and O–H groups in total. The molecule has 2 aromatic rings. The van der Waals surface area contributed by atoms with Crippen molar-refractivity contribution in [3.8, 4) is 0 Å². The van der Waals surface area contributed by atoms with E-state index in [0.29, 0.717) is 18.5 Å². The Balaban J connectivity index is 1.16. The van der Waals surface area contributed by atoms with Gasteiger partial charge in [-0.15, -0.1) is 11.8 Å². The second-order valence-corrected chi connectivity index (χ2v) is 10.6. The molecule has 3 amide bonds. The van der Waals surface area contributed by atoms with Crippen LogP contribution in [0.1, 0.15) is 65.6 Å². The normalized spacial score (nSPS) is 20.3. The zero-order valence-electron chi connectivity index (χ0n) is 19.3. The van der Waals surface area contributed by atoms with Crippen molar-refractivity contribution in [1.82, 2.24) is 15.5 Å². The van der Waals surface area contributed by atoms with Crippen LogP contribution in [-0.4, -0.2) is 35.2 Å². The second kappa shape index (κ2) is 10.3. The topological polar surface area (TPSA) is 78.5 Å². The van der Waals surface area contributed by atoms with Crippen LogP contribution < -0.4 is 10.6 Å². The highest BCUT2D eigenvalue weighted by Crippen LogP contribution is 2.35. The summed E-state index contributed by atoms with van der Waals surface area (Å²) in [4.78, 5) is 39.5. The fourth-order valence-corrected chi connectivity index (χ4v) is 5.97. The molecule has 1 aliphatic carbocycles. The number of carbonyl (C=O) groups is 3. The Morgan fingerprint density at radius 3 is 2.53 bits per heavy atom. The van der Waals surface area contributed by atoms with Gasteiger partial charge in [0.05, 0.1) is 0 Å². The first-order chi connectivity index (χ1) is 16.6. The molecule has 7 heteroatoms. The van der Waals surface area contributed by atoms with E-state index < -0.39 is 6.04 Å². The summed E-state index contributed by atoms with van der Waals surface area (Å²) in [5.74, 6) is 0.999. The van der Waals surface area contributed by atoms with Gasteiger partial charge in [-0.1, -0.05) is 49.6 Å². The number of hydrogen-bond donors (Lipinski definition) is 2. The van der Waals surface area contributed by atoms with Crippen LogP contribution in [0.15, 0.2) is 47.4 Å². The average Bonchev–Trinajstić information content (AvgIpc) is 3.14. The Morgan fingerprint density at radius 1 is 1.00 bits per heavy atom. The second-order valence-electron chi connectivity index (χ2n) is 9.55. The monoisotopic (exact) mass is 477 g/mol. The molecule has 0 radical (unpaired) electrons. The molecular weight excluding hydrogens is 446 g/mol. The molecule has 1 saturated heterocycles. The van der Waals surface area contributed by atoms with Crippen molar-refractivity contribution in [3.63, 3.8) is 0 Å². The van der Waals surface area contributed by atoms with E-state index in [0.717, 1.165) is 35.2 Å². The van der Waals surface area contributed by atoms with E-state index >= 15 is 0 Å². The van der Waals surface area contributed by atoms with Crippen molar-refractivity contribution < 1.29 is 14.4 Å². The highest BCUT2D eigenvalue weighted by molar-refractivity contribution is 7.98. The first-order valence-corrected chi connectivity index (χ1v) is 13.2. The highest BCUT2D eigenvalue weighted by atomic mass is 32.2. The number of imide groups is 1. The number of hydrogen-bond acceptors (Lipinski definition) is 5. The summed E-state index contributed by atoms with van der Waals surface area (Å²) in [5, 5.41) is 5.92. The van der Waals surface area contributed by atoms with Gasteiger partial charge in [-0.2, -0.15) is 0 Å². The van der Waals surface area contributed by atoms with Gasteiger partial charge in [-0.05, 0) is 54.1 Å². The van der Waals surface area contributed by atoms with Crippen molar-refractivity contribution in [3.05, 3.63) is 64.7 Å². The first kappa shape index (κ1) is 23.1. The van der Waals surface area contributed by atoms with Crippen LogP contribution in [0.3, 0.4) is 0 Å². The smallest absolute Gasteiger partial charge is 0.255 e. The number of benzene rings is 2. The molecule has 2 heterocycles. The van der Waals surface area contributed by atoms with Crippen LogP contribution in [0.4, 0.5) is 0 Å². The Labute approximate surface area is 204 Å². The van der Waals surface area contributed by atoms with Gasteiger partial charge in [0.1, 0.15) is 6.04 Å². The predicted octanol–water partition coefficient (Wildman–Crippen LogP) is 4.02. The van der Waals surface area contributed by atoms with Crippen LogP contribution in [0.25, 0.3) is 0 Å². The minimum Gasteiger partial charge on any atom is -0.322 e.